The van der Waals surface area contributed by atoms with Gasteiger partial charge < -0.3 is 20.4 Å². The number of hydrogen-bond acceptors (Lipinski definition) is 3. The van der Waals surface area contributed by atoms with Crippen molar-refractivity contribution in [3.8, 4) is 0 Å². The fourth-order valence-electron chi connectivity index (χ4n) is 3.27. The van der Waals surface area contributed by atoms with Gasteiger partial charge in [0.15, 0.2) is 13.1 Å². The molecule has 3 N–H and O–H groups in total. The molecule has 7 nitrogen and oxygen atoms in total. The molecule has 2 rings (SSSR count). The van der Waals surface area contributed by atoms with Crippen molar-refractivity contribution >= 4 is 29.1 Å². The van der Waals surface area contributed by atoms with Crippen LogP contribution in [0.4, 0.5) is 11.4 Å². The van der Waals surface area contributed by atoms with Crippen molar-refractivity contribution in [2.24, 2.45) is 0 Å². The number of benzene rings is 1. The SMILES string of the molecule is CC[NH+](CC(=O)NC(C)(C)C)CC(=O)N1c2ccccc2NC(=O)C[C@H]1C. The number of fused-ring (bicyclic) bond motifs is 1. The molecule has 0 bridgehead atoms. The monoisotopic (exact) mass is 375 g/mol. The summed E-state index contributed by atoms with van der Waals surface area (Å²) in [5.74, 6) is -0.269. The van der Waals surface area contributed by atoms with Gasteiger partial charge in [-0.25, -0.2) is 0 Å². The third-order valence-electron chi connectivity index (χ3n) is 4.45. The maximum Gasteiger partial charge on any atom is 0.282 e. The molecule has 148 valence electrons. The molecule has 7 heteroatoms. The van der Waals surface area contributed by atoms with E-state index in [4.69, 9.17) is 0 Å². The Hall–Kier alpha value is -2.41. The summed E-state index contributed by atoms with van der Waals surface area (Å²) in [6.45, 7) is 10.7. The Morgan fingerprint density at radius 3 is 2.56 bits per heavy atom. The van der Waals surface area contributed by atoms with Crippen LogP contribution < -0.4 is 20.4 Å². The standard InChI is InChI=1S/C20H30N4O3/c1-6-23(12-18(26)22-20(3,4)5)13-19(27)24-14(2)11-17(25)21-15-9-7-8-10-16(15)24/h7-10,14H,6,11-13H2,1-5H3,(H,21,25)(H,22,26)/p+1/t14-/m1/s1. The van der Waals surface area contributed by atoms with E-state index >= 15 is 0 Å². The maximum absolute atomic E-state index is 13.1. The molecule has 1 aliphatic heterocycles. The smallest absolute Gasteiger partial charge is 0.282 e. The highest BCUT2D eigenvalue weighted by Crippen LogP contribution is 2.30. The molecule has 0 saturated carbocycles. The molecule has 3 amide bonds. The third kappa shape index (κ3) is 5.79. The molecule has 0 aromatic heterocycles. The van der Waals surface area contributed by atoms with Crippen LogP contribution in [0.25, 0.3) is 0 Å². The third-order valence-corrected chi connectivity index (χ3v) is 4.45. The summed E-state index contributed by atoms with van der Waals surface area (Å²) in [4.78, 5) is 40.0. The molecule has 0 saturated heterocycles. The molecule has 0 aliphatic carbocycles. The van der Waals surface area contributed by atoms with Crippen molar-refractivity contribution in [1.29, 1.82) is 0 Å². The summed E-state index contributed by atoms with van der Waals surface area (Å²) in [7, 11) is 0. The summed E-state index contributed by atoms with van der Waals surface area (Å²) in [5, 5.41) is 5.80. The van der Waals surface area contributed by atoms with Crippen molar-refractivity contribution in [2.75, 3.05) is 29.9 Å². The fourth-order valence-corrected chi connectivity index (χ4v) is 3.27. The first kappa shape index (κ1) is 20.9. The van der Waals surface area contributed by atoms with Crippen LogP contribution in [0.15, 0.2) is 24.3 Å². The van der Waals surface area contributed by atoms with Crippen LogP contribution in [-0.4, -0.2) is 48.9 Å². The lowest BCUT2D eigenvalue weighted by Gasteiger charge is -2.29. The largest absolute Gasteiger partial charge is 0.347 e. The second kappa shape index (κ2) is 8.52. The Morgan fingerprint density at radius 1 is 1.26 bits per heavy atom. The maximum atomic E-state index is 13.1. The zero-order valence-electron chi connectivity index (χ0n) is 16.9. The summed E-state index contributed by atoms with van der Waals surface area (Å²) in [5.41, 5.74) is 1.05. The molecular formula is C20H31N4O3+. The predicted octanol–water partition coefficient (Wildman–Crippen LogP) is 0.570. The molecule has 0 spiro atoms. The average Bonchev–Trinajstić information content (AvgIpc) is 2.66. The van der Waals surface area contributed by atoms with Crippen molar-refractivity contribution < 1.29 is 19.3 Å². The van der Waals surface area contributed by atoms with E-state index in [-0.39, 0.29) is 48.8 Å². The summed E-state index contributed by atoms with van der Waals surface area (Å²) >= 11 is 0. The Bertz CT molecular complexity index is 711. The van der Waals surface area contributed by atoms with E-state index in [0.717, 1.165) is 4.90 Å². The topological polar surface area (TPSA) is 82.9 Å². The van der Waals surface area contributed by atoms with Crippen LogP contribution >= 0.6 is 0 Å². The van der Waals surface area contributed by atoms with Crippen LogP contribution in [0, 0.1) is 0 Å². The minimum absolute atomic E-state index is 0.0756. The molecule has 0 radical (unpaired) electrons. The highest BCUT2D eigenvalue weighted by Gasteiger charge is 2.31. The Morgan fingerprint density at radius 2 is 1.93 bits per heavy atom. The first-order valence-corrected chi connectivity index (χ1v) is 9.46. The van der Waals surface area contributed by atoms with E-state index < -0.39 is 0 Å². The van der Waals surface area contributed by atoms with Gasteiger partial charge in [0.2, 0.25) is 5.91 Å². The highest BCUT2D eigenvalue weighted by atomic mass is 16.2. The number of carbonyl (C=O) groups is 3. The van der Waals surface area contributed by atoms with Gasteiger partial charge in [0, 0.05) is 18.0 Å². The van der Waals surface area contributed by atoms with E-state index in [0.29, 0.717) is 17.9 Å². The molecule has 1 aromatic rings. The van der Waals surface area contributed by atoms with Gasteiger partial charge in [-0.3, -0.25) is 14.4 Å². The van der Waals surface area contributed by atoms with E-state index in [2.05, 4.69) is 10.6 Å². The number of para-hydroxylation sites is 2. The number of rotatable bonds is 5. The first-order valence-electron chi connectivity index (χ1n) is 9.46. The average molecular weight is 375 g/mol. The van der Waals surface area contributed by atoms with E-state index in [1.807, 2.05) is 52.8 Å². The van der Waals surface area contributed by atoms with E-state index in [1.165, 1.54) is 0 Å². The van der Waals surface area contributed by atoms with Gasteiger partial charge in [0.05, 0.1) is 17.9 Å². The Kier molecular flexibility index (Phi) is 6.59. The van der Waals surface area contributed by atoms with Crippen molar-refractivity contribution in [2.45, 2.75) is 52.6 Å². The van der Waals surface area contributed by atoms with E-state index in [1.54, 1.807) is 11.0 Å². The Labute approximate surface area is 161 Å². The number of nitrogens with one attached hydrogen (secondary N) is 3. The van der Waals surface area contributed by atoms with Crippen LogP contribution in [0.3, 0.4) is 0 Å². The normalized spacial score (nSPS) is 18.2. The van der Waals surface area contributed by atoms with Gasteiger partial charge in [0.1, 0.15) is 0 Å². The zero-order chi connectivity index (χ0) is 20.2. The predicted molar refractivity (Wildman–Crippen MR) is 106 cm³/mol. The minimum Gasteiger partial charge on any atom is -0.347 e. The van der Waals surface area contributed by atoms with E-state index in [9.17, 15) is 14.4 Å². The van der Waals surface area contributed by atoms with Gasteiger partial charge >= 0.3 is 0 Å². The second-order valence-corrected chi connectivity index (χ2v) is 8.14. The summed E-state index contributed by atoms with van der Waals surface area (Å²) < 4.78 is 0. The summed E-state index contributed by atoms with van der Waals surface area (Å²) in [6.07, 6.45) is 0.242. The van der Waals surface area contributed by atoms with Gasteiger partial charge in [0.25, 0.3) is 11.8 Å². The van der Waals surface area contributed by atoms with Gasteiger partial charge in [-0.2, -0.15) is 0 Å². The second-order valence-electron chi connectivity index (χ2n) is 8.14. The lowest BCUT2D eigenvalue weighted by molar-refractivity contribution is -0.881. The quantitative estimate of drug-likeness (QED) is 0.704. The molecule has 27 heavy (non-hydrogen) atoms. The molecule has 1 aliphatic rings. The first-order chi connectivity index (χ1) is 12.6. The van der Waals surface area contributed by atoms with Gasteiger partial charge in [-0.1, -0.05) is 12.1 Å². The molecule has 1 aromatic carbocycles. The molecule has 1 unspecified atom stereocenters. The number of carbonyl (C=O) groups excluding carboxylic acids is 3. The minimum atomic E-state index is -0.301. The van der Waals surface area contributed by atoms with Crippen LogP contribution in [0.2, 0.25) is 0 Å². The molecule has 0 fully saturated rings. The molecule has 2 atom stereocenters. The lowest BCUT2D eigenvalue weighted by Crippen LogP contribution is -3.14. The number of hydrogen-bond donors (Lipinski definition) is 3. The van der Waals surface area contributed by atoms with Crippen LogP contribution in [-0.2, 0) is 14.4 Å². The number of quaternary nitrogens is 1. The molecular weight excluding hydrogens is 344 g/mol. The van der Waals surface area contributed by atoms with Crippen LogP contribution in [0.5, 0.6) is 0 Å². The van der Waals surface area contributed by atoms with Crippen molar-refractivity contribution in [3.63, 3.8) is 0 Å². The lowest BCUT2D eigenvalue weighted by atomic mass is 10.1. The van der Waals surface area contributed by atoms with Gasteiger partial charge in [-0.15, -0.1) is 0 Å². The van der Waals surface area contributed by atoms with Crippen molar-refractivity contribution in [3.05, 3.63) is 24.3 Å². The Balaban J connectivity index is 2.15. The number of amides is 3. The van der Waals surface area contributed by atoms with Gasteiger partial charge in [-0.05, 0) is 46.8 Å². The number of nitrogens with zero attached hydrogens (tertiary/aromatic N) is 1. The number of likely N-dealkylation sites (N-methyl/N-ethyl adjacent to an activating group) is 1. The molecule has 1 heterocycles. The zero-order valence-corrected chi connectivity index (χ0v) is 16.9. The summed E-state index contributed by atoms with van der Waals surface area (Å²) in [6, 6.07) is 7.07. The number of anilines is 2. The van der Waals surface area contributed by atoms with Crippen LogP contribution in [0.1, 0.15) is 41.0 Å². The fraction of sp³-hybridized carbons (Fsp3) is 0.550. The highest BCUT2D eigenvalue weighted by molar-refractivity contribution is 6.04. The van der Waals surface area contributed by atoms with Crippen molar-refractivity contribution in [1.82, 2.24) is 5.32 Å².